The van der Waals surface area contributed by atoms with Crippen molar-refractivity contribution in [2.45, 2.75) is 19.3 Å². The number of nitrogens with one attached hydrogen (secondary N) is 1. The molecule has 5 nitrogen and oxygen atoms in total. The zero-order chi connectivity index (χ0) is 10.3. The summed E-state index contributed by atoms with van der Waals surface area (Å²) in [4.78, 5) is 29.9. The van der Waals surface area contributed by atoms with Crippen molar-refractivity contribution in [3.63, 3.8) is 0 Å². The van der Waals surface area contributed by atoms with E-state index in [2.05, 4.69) is 11.9 Å². The van der Waals surface area contributed by atoms with E-state index in [1.54, 1.807) is 0 Å². The third-order valence-corrected chi connectivity index (χ3v) is 1.26. The van der Waals surface area contributed by atoms with Crippen LogP contribution < -0.4 is 5.32 Å². The molecule has 0 aliphatic carbocycles. The van der Waals surface area contributed by atoms with E-state index < -0.39 is 5.97 Å². The normalized spacial score (nSPS) is 15.1. The average molecular weight is 185 g/mol. The highest BCUT2D eigenvalue weighted by Gasteiger charge is 2.12. The average Bonchev–Trinajstić information content (AvgIpc) is 2.05. The van der Waals surface area contributed by atoms with Crippen LogP contribution in [0.15, 0.2) is 12.7 Å². The highest BCUT2D eigenvalue weighted by Crippen LogP contribution is 2.00. The molecule has 1 aliphatic heterocycles. The maximum absolute atomic E-state index is 10.3. The molecule has 0 aromatic carbocycles. The van der Waals surface area contributed by atoms with Crippen LogP contribution in [0.3, 0.4) is 0 Å². The van der Waals surface area contributed by atoms with Gasteiger partial charge in [0.25, 0.3) is 0 Å². The standard InChI is InChI=1S/C5H7NO2.C3H4O2/c7-4-2-1-3-5(8)6-4;1-2-3(4)5/h1-3H2,(H,6,7,8);2H,1H2,(H,4,5). The minimum Gasteiger partial charge on any atom is -0.478 e. The van der Waals surface area contributed by atoms with Crippen LogP contribution in [0.25, 0.3) is 0 Å². The molecule has 1 heterocycles. The van der Waals surface area contributed by atoms with Crippen molar-refractivity contribution in [3.05, 3.63) is 12.7 Å². The number of carboxylic acids is 1. The second-order valence-corrected chi connectivity index (χ2v) is 2.37. The summed E-state index contributed by atoms with van der Waals surface area (Å²) in [5, 5.41) is 9.81. The number of rotatable bonds is 1. The van der Waals surface area contributed by atoms with Crippen molar-refractivity contribution in [2.75, 3.05) is 0 Å². The van der Waals surface area contributed by atoms with Crippen molar-refractivity contribution in [2.24, 2.45) is 0 Å². The first kappa shape index (κ1) is 11.4. The summed E-state index contributed by atoms with van der Waals surface area (Å²) < 4.78 is 0. The van der Waals surface area contributed by atoms with Crippen LogP contribution >= 0.6 is 0 Å². The van der Waals surface area contributed by atoms with Gasteiger partial charge in [0.15, 0.2) is 0 Å². The van der Waals surface area contributed by atoms with Crippen LogP contribution in [0.4, 0.5) is 0 Å². The van der Waals surface area contributed by atoms with Crippen molar-refractivity contribution in [3.8, 4) is 0 Å². The van der Waals surface area contributed by atoms with Crippen molar-refractivity contribution >= 4 is 17.8 Å². The summed E-state index contributed by atoms with van der Waals surface area (Å²) in [6.45, 7) is 2.96. The predicted molar refractivity (Wildman–Crippen MR) is 44.8 cm³/mol. The summed E-state index contributed by atoms with van der Waals surface area (Å²) in [7, 11) is 0. The molecule has 5 heteroatoms. The van der Waals surface area contributed by atoms with Gasteiger partial charge in [-0.2, -0.15) is 0 Å². The van der Waals surface area contributed by atoms with E-state index in [9.17, 15) is 14.4 Å². The van der Waals surface area contributed by atoms with E-state index in [4.69, 9.17) is 5.11 Å². The molecule has 13 heavy (non-hydrogen) atoms. The Hall–Kier alpha value is -1.65. The zero-order valence-electron chi connectivity index (χ0n) is 7.08. The summed E-state index contributed by atoms with van der Waals surface area (Å²) >= 11 is 0. The summed E-state index contributed by atoms with van der Waals surface area (Å²) in [6.07, 6.45) is 2.56. The fourth-order valence-electron chi connectivity index (χ4n) is 0.690. The van der Waals surface area contributed by atoms with Crippen molar-refractivity contribution < 1.29 is 19.5 Å². The molecule has 0 aromatic rings. The maximum atomic E-state index is 10.3. The Bertz CT molecular complexity index is 220. The van der Waals surface area contributed by atoms with Crippen LogP contribution in [-0.2, 0) is 14.4 Å². The first-order valence-corrected chi connectivity index (χ1v) is 3.74. The largest absolute Gasteiger partial charge is 0.478 e. The summed E-state index contributed by atoms with van der Waals surface area (Å²) in [5.41, 5.74) is 0. The Labute approximate surface area is 75.4 Å². The second-order valence-electron chi connectivity index (χ2n) is 2.37. The minimum absolute atomic E-state index is 0.138. The third kappa shape index (κ3) is 6.74. The summed E-state index contributed by atoms with van der Waals surface area (Å²) in [6, 6.07) is 0. The van der Waals surface area contributed by atoms with Crippen molar-refractivity contribution in [1.29, 1.82) is 0 Å². The molecule has 1 saturated heterocycles. The minimum atomic E-state index is -0.981. The molecule has 0 saturated carbocycles. The van der Waals surface area contributed by atoms with Crippen LogP contribution in [0.5, 0.6) is 0 Å². The lowest BCUT2D eigenvalue weighted by atomic mass is 10.1. The molecule has 1 aliphatic rings. The Kier molecular flexibility index (Phi) is 5.18. The van der Waals surface area contributed by atoms with Gasteiger partial charge in [-0.3, -0.25) is 14.9 Å². The highest BCUT2D eigenvalue weighted by atomic mass is 16.4. The predicted octanol–water partition coefficient (Wildman–Crippen LogP) is 0.0701. The van der Waals surface area contributed by atoms with Crippen LogP contribution in [0, 0.1) is 0 Å². The number of hydrogen-bond acceptors (Lipinski definition) is 3. The molecule has 0 atom stereocenters. The molecule has 2 N–H and O–H groups in total. The first-order valence-electron chi connectivity index (χ1n) is 3.74. The van der Waals surface area contributed by atoms with Gasteiger partial charge in [-0.15, -0.1) is 0 Å². The molecule has 0 bridgehead atoms. The van der Waals surface area contributed by atoms with Gasteiger partial charge < -0.3 is 5.11 Å². The number of carbonyl (C=O) groups excluding carboxylic acids is 2. The lowest BCUT2D eigenvalue weighted by Gasteiger charge is -2.07. The number of aliphatic carboxylic acids is 1. The molecule has 0 aromatic heterocycles. The van der Waals surface area contributed by atoms with Gasteiger partial charge in [-0.1, -0.05) is 6.58 Å². The fraction of sp³-hybridized carbons (Fsp3) is 0.375. The molecule has 1 rings (SSSR count). The molecule has 0 unspecified atom stereocenters. The molecular weight excluding hydrogens is 174 g/mol. The van der Waals surface area contributed by atoms with Gasteiger partial charge >= 0.3 is 5.97 Å². The van der Waals surface area contributed by atoms with E-state index >= 15 is 0 Å². The van der Waals surface area contributed by atoms with Gasteiger partial charge in [0.1, 0.15) is 0 Å². The van der Waals surface area contributed by atoms with Crippen LogP contribution in [-0.4, -0.2) is 22.9 Å². The Morgan fingerprint density at radius 2 is 1.77 bits per heavy atom. The maximum Gasteiger partial charge on any atom is 0.327 e. The Morgan fingerprint density at radius 1 is 1.38 bits per heavy atom. The van der Waals surface area contributed by atoms with Crippen LogP contribution in [0.2, 0.25) is 0 Å². The quantitative estimate of drug-likeness (QED) is 0.447. The lowest BCUT2D eigenvalue weighted by Crippen LogP contribution is -2.33. The van der Waals surface area contributed by atoms with Gasteiger partial charge in [-0.25, -0.2) is 4.79 Å². The molecular formula is C8H11NO4. The van der Waals surface area contributed by atoms with Gasteiger partial charge in [-0.05, 0) is 6.42 Å². The fourth-order valence-corrected chi connectivity index (χ4v) is 0.690. The number of piperidine rings is 1. The molecule has 72 valence electrons. The van der Waals surface area contributed by atoms with Crippen LogP contribution in [0.1, 0.15) is 19.3 Å². The smallest absolute Gasteiger partial charge is 0.327 e. The third-order valence-electron chi connectivity index (χ3n) is 1.26. The molecule has 0 radical (unpaired) electrons. The zero-order valence-corrected chi connectivity index (χ0v) is 7.08. The van der Waals surface area contributed by atoms with E-state index in [1.165, 1.54) is 0 Å². The van der Waals surface area contributed by atoms with E-state index in [0.29, 0.717) is 19.3 Å². The number of imide groups is 1. The second kappa shape index (κ2) is 5.93. The molecule has 2 amide bonds. The van der Waals surface area contributed by atoms with Gasteiger partial charge in [0.2, 0.25) is 11.8 Å². The Morgan fingerprint density at radius 3 is 1.92 bits per heavy atom. The van der Waals surface area contributed by atoms with E-state index in [1.807, 2.05) is 0 Å². The number of carbonyl (C=O) groups is 3. The van der Waals surface area contributed by atoms with Crippen molar-refractivity contribution in [1.82, 2.24) is 5.32 Å². The highest BCUT2D eigenvalue weighted by molar-refractivity contribution is 5.97. The lowest BCUT2D eigenvalue weighted by molar-refractivity contribution is -0.133. The van der Waals surface area contributed by atoms with Gasteiger partial charge in [0, 0.05) is 18.9 Å². The van der Waals surface area contributed by atoms with Gasteiger partial charge in [0.05, 0.1) is 0 Å². The van der Waals surface area contributed by atoms with E-state index in [-0.39, 0.29) is 11.8 Å². The first-order chi connectivity index (χ1) is 6.06. The topological polar surface area (TPSA) is 83.5 Å². The SMILES string of the molecule is C=CC(=O)O.O=C1CCCC(=O)N1. The molecule has 0 spiro atoms. The number of amides is 2. The van der Waals surface area contributed by atoms with E-state index in [0.717, 1.165) is 6.08 Å². The number of carboxylic acid groups (broad SMARTS) is 1. The Balaban J connectivity index is 0.000000252. The molecule has 1 fully saturated rings. The monoisotopic (exact) mass is 185 g/mol. The number of hydrogen-bond donors (Lipinski definition) is 2. The summed E-state index contributed by atoms with van der Waals surface area (Å²) in [5.74, 6) is -1.26.